The van der Waals surface area contributed by atoms with Crippen molar-refractivity contribution in [2.45, 2.75) is 25.9 Å². The van der Waals surface area contributed by atoms with Crippen LogP contribution < -0.4 is 10.1 Å². The molecule has 0 fully saturated rings. The van der Waals surface area contributed by atoms with E-state index in [2.05, 4.69) is 5.32 Å². The highest BCUT2D eigenvalue weighted by Crippen LogP contribution is 2.10. The van der Waals surface area contributed by atoms with Crippen molar-refractivity contribution >= 4 is 5.91 Å². The summed E-state index contributed by atoms with van der Waals surface area (Å²) in [5.41, 5.74) is 1.06. The van der Waals surface area contributed by atoms with E-state index in [1.807, 2.05) is 30.3 Å². The molecule has 1 N–H and O–H groups in total. The van der Waals surface area contributed by atoms with Crippen LogP contribution in [0.5, 0.6) is 5.75 Å². The molecule has 1 amide bonds. The largest absolute Gasteiger partial charge is 0.481 e. The highest BCUT2D eigenvalue weighted by molar-refractivity contribution is 5.80. The van der Waals surface area contributed by atoms with Crippen LogP contribution in [0.1, 0.15) is 18.9 Å². The topological polar surface area (TPSA) is 38.3 Å². The summed E-state index contributed by atoms with van der Waals surface area (Å²) in [6.07, 6.45) is 1.07. The van der Waals surface area contributed by atoms with Crippen molar-refractivity contribution in [2.24, 2.45) is 0 Å². The number of ether oxygens (including phenoxy) is 1. The fraction of sp³-hybridized carbons (Fsp3) is 0.278. The van der Waals surface area contributed by atoms with E-state index in [0.29, 0.717) is 12.3 Å². The Hall–Kier alpha value is -2.36. The second-order valence-corrected chi connectivity index (χ2v) is 5.09. The molecular weight excluding hydrogens is 281 g/mol. The predicted octanol–water partition coefficient (Wildman–Crippen LogP) is 3.34. The van der Waals surface area contributed by atoms with Crippen molar-refractivity contribution in [2.75, 3.05) is 6.54 Å². The van der Waals surface area contributed by atoms with E-state index in [9.17, 15) is 9.18 Å². The first-order valence-electron chi connectivity index (χ1n) is 7.39. The molecule has 3 nitrogen and oxygen atoms in total. The van der Waals surface area contributed by atoms with Gasteiger partial charge in [-0.05, 0) is 49.6 Å². The van der Waals surface area contributed by atoms with Gasteiger partial charge in [-0.15, -0.1) is 0 Å². The third kappa shape index (κ3) is 5.20. The SMILES string of the molecule is C[C@@H](Oc1ccccc1)C(=O)NCCCc1ccc(F)cc1. The van der Waals surface area contributed by atoms with Crippen LogP contribution in [0.3, 0.4) is 0 Å². The lowest BCUT2D eigenvalue weighted by molar-refractivity contribution is -0.127. The van der Waals surface area contributed by atoms with E-state index in [1.165, 1.54) is 12.1 Å². The summed E-state index contributed by atoms with van der Waals surface area (Å²) >= 11 is 0. The molecular formula is C18H20FNO2. The Morgan fingerprint density at radius 1 is 1.14 bits per heavy atom. The van der Waals surface area contributed by atoms with Gasteiger partial charge in [0.25, 0.3) is 5.91 Å². The molecule has 22 heavy (non-hydrogen) atoms. The molecule has 0 heterocycles. The minimum absolute atomic E-state index is 0.136. The van der Waals surface area contributed by atoms with E-state index in [1.54, 1.807) is 19.1 Å². The molecule has 0 saturated heterocycles. The molecule has 1 atom stereocenters. The number of halogens is 1. The Bertz CT molecular complexity index is 584. The van der Waals surface area contributed by atoms with E-state index >= 15 is 0 Å². The fourth-order valence-corrected chi connectivity index (χ4v) is 2.06. The number of nitrogens with one attached hydrogen (secondary N) is 1. The molecule has 0 aliphatic rings. The number of amides is 1. The van der Waals surface area contributed by atoms with Crippen LogP contribution >= 0.6 is 0 Å². The standard InChI is InChI=1S/C18H20FNO2/c1-14(22-17-7-3-2-4-8-17)18(21)20-13-5-6-15-9-11-16(19)12-10-15/h2-4,7-12,14H,5-6,13H2,1H3,(H,20,21)/t14-/m1/s1. The molecule has 2 aromatic rings. The zero-order valence-electron chi connectivity index (χ0n) is 12.6. The van der Waals surface area contributed by atoms with Gasteiger partial charge < -0.3 is 10.1 Å². The van der Waals surface area contributed by atoms with Crippen LogP contribution in [0.25, 0.3) is 0 Å². The predicted molar refractivity (Wildman–Crippen MR) is 84.3 cm³/mol. The smallest absolute Gasteiger partial charge is 0.260 e. The number of hydrogen-bond donors (Lipinski definition) is 1. The fourth-order valence-electron chi connectivity index (χ4n) is 2.06. The normalized spacial score (nSPS) is 11.7. The third-order valence-corrected chi connectivity index (χ3v) is 3.28. The summed E-state index contributed by atoms with van der Waals surface area (Å²) in [4.78, 5) is 11.9. The van der Waals surface area contributed by atoms with Gasteiger partial charge in [0, 0.05) is 6.54 Å². The Morgan fingerprint density at radius 2 is 1.82 bits per heavy atom. The van der Waals surface area contributed by atoms with Gasteiger partial charge >= 0.3 is 0 Å². The van der Waals surface area contributed by atoms with E-state index in [-0.39, 0.29) is 11.7 Å². The molecule has 2 aromatic carbocycles. The first-order chi connectivity index (χ1) is 10.6. The van der Waals surface area contributed by atoms with E-state index in [4.69, 9.17) is 4.74 Å². The van der Waals surface area contributed by atoms with Crippen LogP contribution in [0.2, 0.25) is 0 Å². The average Bonchev–Trinajstić information content (AvgIpc) is 2.54. The molecule has 116 valence electrons. The van der Waals surface area contributed by atoms with Crippen molar-refractivity contribution in [3.8, 4) is 5.75 Å². The molecule has 2 rings (SSSR count). The number of aryl methyl sites for hydroxylation is 1. The van der Waals surface area contributed by atoms with Crippen LogP contribution in [0.15, 0.2) is 54.6 Å². The summed E-state index contributed by atoms with van der Waals surface area (Å²) in [5.74, 6) is 0.309. The number of carbonyl (C=O) groups excluding carboxylic acids is 1. The summed E-state index contributed by atoms with van der Waals surface area (Å²) in [6, 6.07) is 15.7. The van der Waals surface area contributed by atoms with Gasteiger partial charge in [-0.2, -0.15) is 0 Å². The number of carbonyl (C=O) groups is 1. The Labute approximate surface area is 130 Å². The molecule has 0 aliphatic carbocycles. The number of hydrogen-bond acceptors (Lipinski definition) is 2. The highest BCUT2D eigenvalue weighted by atomic mass is 19.1. The second kappa shape index (κ2) is 8.17. The summed E-state index contributed by atoms with van der Waals surface area (Å²) in [7, 11) is 0. The quantitative estimate of drug-likeness (QED) is 0.797. The van der Waals surface area contributed by atoms with Gasteiger partial charge in [-0.25, -0.2) is 4.39 Å². The van der Waals surface area contributed by atoms with Gasteiger partial charge in [0.2, 0.25) is 0 Å². The third-order valence-electron chi connectivity index (χ3n) is 3.28. The molecule has 0 spiro atoms. The van der Waals surface area contributed by atoms with Gasteiger partial charge in [0.15, 0.2) is 6.10 Å². The number of rotatable bonds is 7. The maximum absolute atomic E-state index is 12.8. The van der Waals surface area contributed by atoms with Crippen molar-refractivity contribution < 1.29 is 13.9 Å². The first kappa shape index (κ1) is 16.0. The van der Waals surface area contributed by atoms with Crippen molar-refractivity contribution in [3.05, 3.63) is 66.0 Å². The summed E-state index contributed by atoms with van der Waals surface area (Å²) < 4.78 is 18.3. The van der Waals surface area contributed by atoms with Gasteiger partial charge in [-0.1, -0.05) is 30.3 Å². The van der Waals surface area contributed by atoms with Crippen molar-refractivity contribution in [1.82, 2.24) is 5.32 Å². The zero-order valence-corrected chi connectivity index (χ0v) is 12.6. The van der Waals surface area contributed by atoms with Crippen LogP contribution in [-0.4, -0.2) is 18.6 Å². The summed E-state index contributed by atoms with van der Waals surface area (Å²) in [5, 5.41) is 2.85. The van der Waals surface area contributed by atoms with Crippen LogP contribution in [0.4, 0.5) is 4.39 Å². The number of para-hydroxylation sites is 1. The maximum atomic E-state index is 12.8. The second-order valence-electron chi connectivity index (χ2n) is 5.09. The Balaban J connectivity index is 1.67. The molecule has 0 aliphatic heterocycles. The highest BCUT2D eigenvalue weighted by Gasteiger charge is 2.13. The lowest BCUT2D eigenvalue weighted by atomic mass is 10.1. The monoisotopic (exact) mass is 301 g/mol. The number of benzene rings is 2. The van der Waals surface area contributed by atoms with Crippen LogP contribution in [0, 0.1) is 5.82 Å². The van der Waals surface area contributed by atoms with Crippen molar-refractivity contribution in [3.63, 3.8) is 0 Å². The molecule has 0 unspecified atom stereocenters. The Kier molecular flexibility index (Phi) is 5.95. The molecule has 0 bridgehead atoms. The van der Waals surface area contributed by atoms with Gasteiger partial charge in [0.05, 0.1) is 0 Å². The average molecular weight is 301 g/mol. The lowest BCUT2D eigenvalue weighted by Gasteiger charge is -2.14. The minimum Gasteiger partial charge on any atom is -0.481 e. The van der Waals surface area contributed by atoms with Crippen LogP contribution in [-0.2, 0) is 11.2 Å². The van der Waals surface area contributed by atoms with Crippen molar-refractivity contribution in [1.29, 1.82) is 0 Å². The Morgan fingerprint density at radius 3 is 2.50 bits per heavy atom. The minimum atomic E-state index is -0.534. The van der Waals surface area contributed by atoms with E-state index in [0.717, 1.165) is 18.4 Å². The zero-order chi connectivity index (χ0) is 15.8. The van der Waals surface area contributed by atoms with Gasteiger partial charge in [-0.3, -0.25) is 4.79 Å². The molecule has 0 aromatic heterocycles. The van der Waals surface area contributed by atoms with Gasteiger partial charge in [0.1, 0.15) is 11.6 Å². The molecule has 0 saturated carbocycles. The maximum Gasteiger partial charge on any atom is 0.260 e. The lowest BCUT2D eigenvalue weighted by Crippen LogP contribution is -2.36. The first-order valence-corrected chi connectivity index (χ1v) is 7.39. The molecule has 0 radical (unpaired) electrons. The molecule has 4 heteroatoms. The summed E-state index contributed by atoms with van der Waals surface area (Å²) in [6.45, 7) is 2.29. The van der Waals surface area contributed by atoms with E-state index < -0.39 is 6.10 Å².